The summed E-state index contributed by atoms with van der Waals surface area (Å²) in [6.07, 6.45) is -2.25. The van der Waals surface area contributed by atoms with E-state index in [0.717, 1.165) is 29.0 Å². The molecule has 1 heterocycles. The van der Waals surface area contributed by atoms with E-state index in [1.54, 1.807) is 6.26 Å². The van der Waals surface area contributed by atoms with Crippen LogP contribution in [0.2, 0.25) is 0 Å². The van der Waals surface area contributed by atoms with Crippen LogP contribution in [0.1, 0.15) is 28.5 Å². The minimum Gasteiger partial charge on any atom is -0.469 e. The van der Waals surface area contributed by atoms with Crippen molar-refractivity contribution in [1.29, 1.82) is 0 Å². The number of halogens is 3. The summed E-state index contributed by atoms with van der Waals surface area (Å²) < 4.78 is 42.6. The summed E-state index contributed by atoms with van der Waals surface area (Å²) in [5.41, 5.74) is 3.62. The molecule has 0 spiro atoms. The maximum Gasteiger partial charge on any atom is 0.416 e. The second kappa shape index (κ2) is 5.68. The van der Waals surface area contributed by atoms with Crippen LogP contribution in [0.5, 0.6) is 0 Å². The zero-order valence-electron chi connectivity index (χ0n) is 10.9. The molecule has 1 unspecified atom stereocenters. The average Bonchev–Trinajstić information content (AvgIpc) is 2.82. The van der Waals surface area contributed by atoms with Gasteiger partial charge in [0.05, 0.1) is 17.9 Å². The van der Waals surface area contributed by atoms with E-state index in [4.69, 9.17) is 10.3 Å². The van der Waals surface area contributed by atoms with Crippen LogP contribution >= 0.6 is 0 Å². The van der Waals surface area contributed by atoms with Crippen LogP contribution in [0.4, 0.5) is 13.2 Å². The lowest BCUT2D eigenvalue weighted by Crippen LogP contribution is -2.29. The Labute approximate surface area is 114 Å². The van der Waals surface area contributed by atoms with E-state index in [1.807, 2.05) is 13.0 Å². The fourth-order valence-corrected chi connectivity index (χ4v) is 1.98. The van der Waals surface area contributed by atoms with Gasteiger partial charge in [-0.2, -0.15) is 13.2 Å². The van der Waals surface area contributed by atoms with Gasteiger partial charge in [-0.05, 0) is 37.1 Å². The molecular weight excluding hydrogens is 269 g/mol. The number of hydrazine groups is 1. The third kappa shape index (κ3) is 3.40. The van der Waals surface area contributed by atoms with E-state index in [9.17, 15) is 13.2 Å². The molecule has 20 heavy (non-hydrogen) atoms. The van der Waals surface area contributed by atoms with Gasteiger partial charge >= 0.3 is 6.18 Å². The summed E-state index contributed by atoms with van der Waals surface area (Å²) in [6, 6.07) is 6.70. The molecule has 0 aliphatic carbocycles. The summed E-state index contributed by atoms with van der Waals surface area (Å²) in [5, 5.41) is 0. The number of hydrogen-bond donors (Lipinski definition) is 2. The monoisotopic (exact) mass is 284 g/mol. The van der Waals surface area contributed by atoms with Crippen molar-refractivity contribution in [3.8, 4) is 0 Å². The third-order valence-electron chi connectivity index (χ3n) is 3.08. The van der Waals surface area contributed by atoms with Crippen LogP contribution in [0.3, 0.4) is 0 Å². The lowest BCUT2D eigenvalue weighted by atomic mass is 10.0. The molecule has 0 aliphatic heterocycles. The lowest BCUT2D eigenvalue weighted by molar-refractivity contribution is -0.137. The van der Waals surface area contributed by atoms with Gasteiger partial charge in [-0.3, -0.25) is 11.3 Å². The summed E-state index contributed by atoms with van der Waals surface area (Å²) in [7, 11) is 0. The van der Waals surface area contributed by atoms with E-state index >= 15 is 0 Å². The first-order valence-electron chi connectivity index (χ1n) is 6.07. The van der Waals surface area contributed by atoms with Gasteiger partial charge in [0.1, 0.15) is 5.76 Å². The molecule has 0 fully saturated rings. The fourth-order valence-electron chi connectivity index (χ4n) is 1.98. The van der Waals surface area contributed by atoms with Crippen LogP contribution < -0.4 is 11.3 Å². The van der Waals surface area contributed by atoms with E-state index < -0.39 is 11.7 Å². The average molecular weight is 284 g/mol. The Balaban J connectivity index is 2.12. The van der Waals surface area contributed by atoms with E-state index in [2.05, 4.69) is 5.43 Å². The van der Waals surface area contributed by atoms with Gasteiger partial charge < -0.3 is 4.42 Å². The van der Waals surface area contributed by atoms with Crippen molar-refractivity contribution in [2.24, 2.45) is 5.84 Å². The number of aryl methyl sites for hydroxylation is 1. The van der Waals surface area contributed by atoms with Crippen molar-refractivity contribution >= 4 is 0 Å². The van der Waals surface area contributed by atoms with Gasteiger partial charge in [0, 0.05) is 5.56 Å². The zero-order chi connectivity index (χ0) is 14.8. The van der Waals surface area contributed by atoms with Crippen molar-refractivity contribution < 1.29 is 17.6 Å². The summed E-state index contributed by atoms with van der Waals surface area (Å²) in [6.45, 7) is 1.81. The molecular formula is C14H15F3N2O. The molecule has 1 aromatic heterocycles. The van der Waals surface area contributed by atoms with Gasteiger partial charge in [-0.1, -0.05) is 12.1 Å². The summed E-state index contributed by atoms with van der Waals surface area (Å²) in [5.74, 6) is 6.25. The first-order valence-corrected chi connectivity index (χ1v) is 6.07. The highest BCUT2D eigenvalue weighted by molar-refractivity contribution is 5.27. The molecule has 0 bridgehead atoms. The number of benzene rings is 1. The molecule has 1 atom stereocenters. The van der Waals surface area contributed by atoms with Crippen LogP contribution in [0.15, 0.2) is 41.0 Å². The third-order valence-corrected chi connectivity index (χ3v) is 3.08. The molecule has 2 rings (SSSR count). The molecule has 3 N–H and O–H groups in total. The smallest absolute Gasteiger partial charge is 0.416 e. The molecule has 2 aromatic rings. The van der Waals surface area contributed by atoms with Crippen LogP contribution in [-0.4, -0.2) is 0 Å². The first-order chi connectivity index (χ1) is 9.40. The molecule has 3 nitrogen and oxygen atoms in total. The van der Waals surface area contributed by atoms with E-state index in [0.29, 0.717) is 6.42 Å². The van der Waals surface area contributed by atoms with E-state index in [-0.39, 0.29) is 6.04 Å². The number of nitrogens with two attached hydrogens (primary N) is 1. The quantitative estimate of drug-likeness (QED) is 0.668. The molecule has 1 aromatic carbocycles. The Bertz CT molecular complexity index is 561. The van der Waals surface area contributed by atoms with Crippen LogP contribution in [0.25, 0.3) is 0 Å². The minimum atomic E-state index is -4.31. The molecule has 0 aliphatic rings. The number of furan rings is 1. The maximum absolute atomic E-state index is 12.5. The molecule has 108 valence electrons. The Morgan fingerprint density at radius 1 is 1.25 bits per heavy atom. The van der Waals surface area contributed by atoms with Gasteiger partial charge in [0.15, 0.2) is 0 Å². The van der Waals surface area contributed by atoms with Crippen molar-refractivity contribution in [2.45, 2.75) is 25.6 Å². The highest BCUT2D eigenvalue weighted by Crippen LogP contribution is 2.29. The molecule has 0 radical (unpaired) electrons. The highest BCUT2D eigenvalue weighted by Gasteiger charge is 2.30. The number of rotatable bonds is 4. The first kappa shape index (κ1) is 14.6. The van der Waals surface area contributed by atoms with E-state index in [1.165, 1.54) is 12.1 Å². The second-order valence-corrected chi connectivity index (χ2v) is 4.61. The fraction of sp³-hybridized carbons (Fsp3) is 0.286. The molecule has 0 saturated carbocycles. The lowest BCUT2D eigenvalue weighted by Gasteiger charge is -2.14. The van der Waals surface area contributed by atoms with Gasteiger partial charge in [0.2, 0.25) is 0 Å². The van der Waals surface area contributed by atoms with Crippen molar-refractivity contribution in [3.05, 3.63) is 59.0 Å². The summed E-state index contributed by atoms with van der Waals surface area (Å²) in [4.78, 5) is 0. The number of alkyl halides is 3. The molecule has 0 saturated heterocycles. The summed E-state index contributed by atoms with van der Waals surface area (Å²) >= 11 is 0. The Morgan fingerprint density at radius 3 is 2.35 bits per heavy atom. The topological polar surface area (TPSA) is 51.2 Å². The normalized spacial score (nSPS) is 13.4. The second-order valence-electron chi connectivity index (χ2n) is 4.61. The standard InChI is InChI=1S/C14H15F3N2O/c1-9-6-11(8-20-9)13(19-18)7-10-2-4-12(5-3-10)14(15,16)17/h2-6,8,13,19H,7,18H2,1H3. The minimum absolute atomic E-state index is 0.204. The number of nitrogens with one attached hydrogen (secondary N) is 1. The van der Waals surface area contributed by atoms with Crippen LogP contribution in [0, 0.1) is 6.92 Å². The van der Waals surface area contributed by atoms with Gasteiger partial charge in [-0.15, -0.1) is 0 Å². The zero-order valence-corrected chi connectivity index (χ0v) is 10.9. The van der Waals surface area contributed by atoms with Gasteiger partial charge in [0.25, 0.3) is 0 Å². The van der Waals surface area contributed by atoms with Crippen LogP contribution in [-0.2, 0) is 12.6 Å². The van der Waals surface area contributed by atoms with Crippen molar-refractivity contribution in [1.82, 2.24) is 5.43 Å². The van der Waals surface area contributed by atoms with Crippen molar-refractivity contribution in [3.63, 3.8) is 0 Å². The predicted octanol–water partition coefficient (Wildman–Crippen LogP) is 3.35. The maximum atomic E-state index is 12.5. The predicted molar refractivity (Wildman–Crippen MR) is 68.7 cm³/mol. The largest absolute Gasteiger partial charge is 0.469 e. The van der Waals surface area contributed by atoms with Crippen molar-refractivity contribution in [2.75, 3.05) is 0 Å². The Morgan fingerprint density at radius 2 is 1.90 bits per heavy atom. The highest BCUT2D eigenvalue weighted by atomic mass is 19.4. The number of hydrogen-bond acceptors (Lipinski definition) is 3. The Hall–Kier alpha value is -1.79. The molecule has 0 amide bonds. The SMILES string of the molecule is Cc1cc(C(Cc2ccc(C(F)(F)F)cc2)NN)co1. The molecule has 6 heteroatoms. The van der Waals surface area contributed by atoms with Gasteiger partial charge in [-0.25, -0.2) is 0 Å². The Kier molecular flexibility index (Phi) is 4.15.